The van der Waals surface area contributed by atoms with Crippen LogP contribution in [0.4, 0.5) is 4.39 Å². The highest BCUT2D eigenvalue weighted by Crippen LogP contribution is 2.22. The zero-order valence-corrected chi connectivity index (χ0v) is 11.6. The number of likely N-dealkylation sites (tertiary alicyclic amines) is 1. The topological polar surface area (TPSA) is 15.3 Å². The molecule has 2 rings (SSSR count). The van der Waals surface area contributed by atoms with Crippen LogP contribution in [0.3, 0.4) is 0 Å². The van der Waals surface area contributed by atoms with Crippen LogP contribution in [-0.4, -0.2) is 31.1 Å². The number of rotatable bonds is 3. The van der Waals surface area contributed by atoms with Gasteiger partial charge in [-0.2, -0.15) is 0 Å². The lowest BCUT2D eigenvalue weighted by Crippen LogP contribution is -2.44. The lowest BCUT2D eigenvalue weighted by atomic mass is 10.0. The number of nitrogens with zero attached hydrogens (tertiary/aromatic N) is 1. The Kier molecular flexibility index (Phi) is 4.54. The molecule has 1 aliphatic heterocycles. The van der Waals surface area contributed by atoms with Crippen molar-refractivity contribution in [2.75, 3.05) is 20.1 Å². The number of halogens is 2. The van der Waals surface area contributed by atoms with E-state index in [1.807, 2.05) is 13.1 Å². The van der Waals surface area contributed by atoms with Gasteiger partial charge < -0.3 is 5.32 Å². The van der Waals surface area contributed by atoms with Gasteiger partial charge >= 0.3 is 0 Å². The highest BCUT2D eigenvalue weighted by molar-refractivity contribution is 9.10. The van der Waals surface area contributed by atoms with Crippen molar-refractivity contribution < 1.29 is 4.39 Å². The number of piperidine rings is 1. The van der Waals surface area contributed by atoms with E-state index in [9.17, 15) is 4.39 Å². The van der Waals surface area contributed by atoms with E-state index in [1.165, 1.54) is 18.9 Å². The number of hydrogen-bond acceptors (Lipinski definition) is 2. The number of hydrogen-bond donors (Lipinski definition) is 1. The minimum atomic E-state index is -0.119. The lowest BCUT2D eigenvalue weighted by Gasteiger charge is -2.32. The molecule has 1 aliphatic rings. The Hall–Kier alpha value is -0.450. The molecule has 1 fully saturated rings. The smallest absolute Gasteiger partial charge is 0.128 e. The summed E-state index contributed by atoms with van der Waals surface area (Å²) < 4.78 is 14.6. The molecule has 0 saturated carbocycles. The van der Waals surface area contributed by atoms with Crippen LogP contribution in [0.1, 0.15) is 18.4 Å². The highest BCUT2D eigenvalue weighted by Gasteiger charge is 2.20. The molecule has 0 bridgehead atoms. The van der Waals surface area contributed by atoms with Crippen LogP contribution in [0.2, 0.25) is 0 Å². The predicted octanol–water partition coefficient (Wildman–Crippen LogP) is 2.77. The average Bonchev–Trinajstić information content (AvgIpc) is 2.34. The fourth-order valence-corrected chi connectivity index (χ4v) is 2.81. The van der Waals surface area contributed by atoms with E-state index in [0.717, 1.165) is 23.1 Å². The Labute approximate surface area is 110 Å². The average molecular weight is 301 g/mol. The molecule has 4 heteroatoms. The van der Waals surface area contributed by atoms with Crippen molar-refractivity contribution in [3.63, 3.8) is 0 Å². The van der Waals surface area contributed by atoms with Crippen LogP contribution in [-0.2, 0) is 6.54 Å². The summed E-state index contributed by atoms with van der Waals surface area (Å²) in [6.07, 6.45) is 2.39. The maximum absolute atomic E-state index is 13.7. The molecule has 1 N–H and O–H groups in total. The van der Waals surface area contributed by atoms with E-state index in [4.69, 9.17) is 0 Å². The number of likely N-dealkylation sites (N-methyl/N-ethyl adjacent to an activating group) is 1. The minimum Gasteiger partial charge on any atom is -0.316 e. The first-order valence-corrected chi connectivity index (χ1v) is 6.82. The summed E-state index contributed by atoms with van der Waals surface area (Å²) in [5.74, 6) is -0.119. The third-order valence-corrected chi connectivity index (χ3v) is 4.10. The van der Waals surface area contributed by atoms with Crippen molar-refractivity contribution in [3.8, 4) is 0 Å². The summed E-state index contributed by atoms with van der Waals surface area (Å²) in [7, 11) is 1.99. The molecule has 17 heavy (non-hydrogen) atoms. The first-order chi connectivity index (χ1) is 8.20. The van der Waals surface area contributed by atoms with Crippen molar-refractivity contribution in [1.29, 1.82) is 0 Å². The van der Waals surface area contributed by atoms with Gasteiger partial charge in [-0.3, -0.25) is 4.90 Å². The van der Waals surface area contributed by atoms with Crippen molar-refractivity contribution in [2.24, 2.45) is 0 Å². The van der Waals surface area contributed by atoms with E-state index in [1.54, 1.807) is 6.07 Å². The van der Waals surface area contributed by atoms with Gasteiger partial charge in [-0.1, -0.05) is 22.0 Å². The Bertz CT molecular complexity index is 363. The van der Waals surface area contributed by atoms with E-state index >= 15 is 0 Å². The van der Waals surface area contributed by atoms with Gasteiger partial charge in [0.15, 0.2) is 0 Å². The van der Waals surface area contributed by atoms with E-state index in [2.05, 4.69) is 26.1 Å². The fraction of sp³-hybridized carbons (Fsp3) is 0.538. The Morgan fingerprint density at radius 2 is 2.35 bits per heavy atom. The molecule has 1 unspecified atom stereocenters. The van der Waals surface area contributed by atoms with Crippen LogP contribution < -0.4 is 5.32 Å². The van der Waals surface area contributed by atoms with Gasteiger partial charge in [0.05, 0.1) is 0 Å². The quantitative estimate of drug-likeness (QED) is 0.923. The SMILES string of the molecule is CNC1CCCN(Cc2c(F)cccc2Br)C1. The van der Waals surface area contributed by atoms with Gasteiger partial charge in [0, 0.05) is 29.2 Å². The Balaban J connectivity index is 2.05. The molecule has 1 aromatic carbocycles. The molecule has 94 valence electrons. The third-order valence-electron chi connectivity index (χ3n) is 3.36. The van der Waals surface area contributed by atoms with Crippen molar-refractivity contribution in [3.05, 3.63) is 34.1 Å². The Morgan fingerprint density at radius 1 is 1.53 bits per heavy atom. The van der Waals surface area contributed by atoms with Crippen molar-refractivity contribution in [1.82, 2.24) is 10.2 Å². The molecule has 0 radical (unpaired) electrons. The van der Waals surface area contributed by atoms with Gasteiger partial charge in [-0.05, 0) is 38.6 Å². The summed E-state index contributed by atoms with van der Waals surface area (Å²) in [4.78, 5) is 2.31. The summed E-state index contributed by atoms with van der Waals surface area (Å²) in [5, 5.41) is 3.30. The second-order valence-electron chi connectivity index (χ2n) is 4.56. The standard InChI is InChI=1S/C13H18BrFN2/c1-16-10-4-3-7-17(8-10)9-11-12(14)5-2-6-13(11)15/h2,5-6,10,16H,3-4,7-9H2,1H3. The molecule has 1 aromatic rings. The summed E-state index contributed by atoms with van der Waals surface area (Å²) in [6, 6.07) is 5.70. The molecule has 0 amide bonds. The van der Waals surface area contributed by atoms with Gasteiger partial charge in [0.2, 0.25) is 0 Å². The van der Waals surface area contributed by atoms with Crippen molar-refractivity contribution in [2.45, 2.75) is 25.4 Å². The largest absolute Gasteiger partial charge is 0.316 e. The van der Waals surface area contributed by atoms with E-state index < -0.39 is 0 Å². The molecule has 1 heterocycles. The molecule has 0 aromatic heterocycles. The number of benzene rings is 1. The van der Waals surface area contributed by atoms with Crippen LogP contribution in [0.5, 0.6) is 0 Å². The molecular weight excluding hydrogens is 283 g/mol. The molecule has 1 atom stereocenters. The van der Waals surface area contributed by atoms with Crippen molar-refractivity contribution >= 4 is 15.9 Å². The molecular formula is C13H18BrFN2. The van der Waals surface area contributed by atoms with Crippen LogP contribution in [0.25, 0.3) is 0 Å². The second-order valence-corrected chi connectivity index (χ2v) is 5.42. The normalized spacial score (nSPS) is 21.7. The van der Waals surface area contributed by atoms with E-state index in [-0.39, 0.29) is 5.82 Å². The minimum absolute atomic E-state index is 0.119. The van der Waals surface area contributed by atoms with Gasteiger partial charge in [0.1, 0.15) is 5.82 Å². The lowest BCUT2D eigenvalue weighted by molar-refractivity contribution is 0.185. The fourth-order valence-electron chi connectivity index (χ4n) is 2.34. The summed E-state index contributed by atoms with van der Waals surface area (Å²) in [6.45, 7) is 2.74. The molecule has 0 spiro atoms. The third kappa shape index (κ3) is 3.27. The van der Waals surface area contributed by atoms with E-state index in [0.29, 0.717) is 12.6 Å². The van der Waals surface area contributed by atoms with Crippen LogP contribution >= 0.6 is 15.9 Å². The monoisotopic (exact) mass is 300 g/mol. The van der Waals surface area contributed by atoms with Gasteiger partial charge in [0.25, 0.3) is 0 Å². The first-order valence-electron chi connectivity index (χ1n) is 6.03. The maximum atomic E-state index is 13.7. The molecule has 0 aliphatic carbocycles. The molecule has 2 nitrogen and oxygen atoms in total. The van der Waals surface area contributed by atoms with Gasteiger partial charge in [-0.15, -0.1) is 0 Å². The first kappa shape index (κ1) is 13.0. The molecule has 1 saturated heterocycles. The zero-order chi connectivity index (χ0) is 12.3. The predicted molar refractivity (Wildman–Crippen MR) is 71.5 cm³/mol. The van der Waals surface area contributed by atoms with Crippen LogP contribution in [0, 0.1) is 5.82 Å². The summed E-state index contributed by atoms with van der Waals surface area (Å²) in [5.41, 5.74) is 0.768. The summed E-state index contributed by atoms with van der Waals surface area (Å²) >= 11 is 3.42. The van der Waals surface area contributed by atoms with Gasteiger partial charge in [-0.25, -0.2) is 4.39 Å². The zero-order valence-electron chi connectivity index (χ0n) is 10.0. The van der Waals surface area contributed by atoms with Crippen LogP contribution in [0.15, 0.2) is 22.7 Å². The second kappa shape index (κ2) is 5.94. The number of nitrogens with one attached hydrogen (secondary N) is 1. The maximum Gasteiger partial charge on any atom is 0.128 e. The highest BCUT2D eigenvalue weighted by atomic mass is 79.9. The Morgan fingerprint density at radius 3 is 3.06 bits per heavy atom.